The molecule has 1 saturated heterocycles. The van der Waals surface area contributed by atoms with Gasteiger partial charge in [0.2, 0.25) is 0 Å². The number of rotatable bonds is 26. The van der Waals surface area contributed by atoms with Crippen LogP contribution in [0, 0.1) is 0 Å². The first-order chi connectivity index (χ1) is 21.3. The zero-order chi connectivity index (χ0) is 32.4. The van der Waals surface area contributed by atoms with Crippen LogP contribution in [0.1, 0.15) is 123 Å². The highest BCUT2D eigenvalue weighted by Crippen LogP contribution is 2.22. The van der Waals surface area contributed by atoms with Crippen LogP contribution in [-0.4, -0.2) is 89.0 Å². The number of hydrogen-bond donors (Lipinski definition) is 4. The number of ether oxygens (including phenoxy) is 4. The van der Waals surface area contributed by atoms with Crippen molar-refractivity contribution >= 4 is 11.9 Å². The van der Waals surface area contributed by atoms with Gasteiger partial charge in [0.25, 0.3) is 0 Å². The number of hydrogen-bond acceptors (Lipinski definition) is 10. The molecule has 0 aromatic heterocycles. The van der Waals surface area contributed by atoms with Crippen molar-refractivity contribution < 1.29 is 49.0 Å². The molecule has 256 valence electrons. The number of allylic oxidation sites excluding steroid dienone is 4. The van der Waals surface area contributed by atoms with E-state index in [2.05, 4.69) is 31.2 Å². The SMILES string of the molecule is CCCCCC/C=C\C/C=C\CCCCCCCCCC(=O)OC(COC(=O)CCC)COC1OC(CO)C(O)C(O)C1O. The molecule has 44 heavy (non-hydrogen) atoms. The van der Waals surface area contributed by atoms with Crippen molar-refractivity contribution in [3.05, 3.63) is 24.3 Å². The molecule has 6 atom stereocenters. The molecule has 0 amide bonds. The van der Waals surface area contributed by atoms with Gasteiger partial charge in [0, 0.05) is 12.8 Å². The van der Waals surface area contributed by atoms with Crippen LogP contribution < -0.4 is 0 Å². The van der Waals surface area contributed by atoms with E-state index in [1.54, 1.807) is 0 Å². The molecular weight excluding hydrogens is 568 g/mol. The molecule has 1 aliphatic heterocycles. The number of esters is 2. The number of aliphatic hydroxyl groups is 4. The van der Waals surface area contributed by atoms with Gasteiger partial charge in [-0.15, -0.1) is 0 Å². The summed E-state index contributed by atoms with van der Waals surface area (Å²) in [6.07, 6.45) is 17.9. The minimum Gasteiger partial charge on any atom is -0.462 e. The quantitative estimate of drug-likeness (QED) is 0.0582. The van der Waals surface area contributed by atoms with E-state index >= 15 is 0 Å². The van der Waals surface area contributed by atoms with E-state index in [0.717, 1.165) is 32.1 Å². The van der Waals surface area contributed by atoms with Gasteiger partial charge in [-0.05, 0) is 44.9 Å². The van der Waals surface area contributed by atoms with Gasteiger partial charge in [0.1, 0.15) is 31.0 Å². The minimum atomic E-state index is -1.59. The molecule has 0 aromatic carbocycles. The van der Waals surface area contributed by atoms with E-state index in [1.807, 2.05) is 6.92 Å². The molecule has 1 heterocycles. The highest BCUT2D eigenvalue weighted by molar-refractivity contribution is 5.70. The Morgan fingerprint density at radius 2 is 1.32 bits per heavy atom. The van der Waals surface area contributed by atoms with Gasteiger partial charge in [0.15, 0.2) is 12.4 Å². The van der Waals surface area contributed by atoms with E-state index in [4.69, 9.17) is 18.9 Å². The first kappa shape index (κ1) is 40.2. The largest absolute Gasteiger partial charge is 0.462 e. The van der Waals surface area contributed by atoms with Crippen LogP contribution in [0.4, 0.5) is 0 Å². The maximum absolute atomic E-state index is 12.5. The first-order valence-electron chi connectivity index (χ1n) is 16.9. The topological polar surface area (TPSA) is 152 Å². The lowest BCUT2D eigenvalue weighted by Crippen LogP contribution is -2.59. The second-order valence-electron chi connectivity index (χ2n) is 11.6. The fourth-order valence-electron chi connectivity index (χ4n) is 4.84. The smallest absolute Gasteiger partial charge is 0.306 e. The van der Waals surface area contributed by atoms with Crippen LogP contribution in [0.3, 0.4) is 0 Å². The first-order valence-corrected chi connectivity index (χ1v) is 16.9. The normalized spacial score (nSPS) is 22.9. The van der Waals surface area contributed by atoms with Crippen LogP contribution in [-0.2, 0) is 28.5 Å². The summed E-state index contributed by atoms with van der Waals surface area (Å²) in [4.78, 5) is 24.3. The van der Waals surface area contributed by atoms with Gasteiger partial charge in [-0.1, -0.05) is 89.5 Å². The lowest BCUT2D eigenvalue weighted by atomic mass is 9.99. The number of carbonyl (C=O) groups is 2. The molecule has 0 saturated carbocycles. The van der Waals surface area contributed by atoms with Gasteiger partial charge >= 0.3 is 11.9 Å². The third-order valence-electron chi connectivity index (χ3n) is 7.56. The van der Waals surface area contributed by atoms with E-state index < -0.39 is 55.4 Å². The molecule has 1 aliphatic rings. The standard InChI is InChI=1S/C34H60O10/c1-3-5-6-7-8-9-10-11-12-13-14-15-16-17-18-19-20-21-23-30(37)43-27(25-41-29(36)22-4-2)26-42-34-33(40)32(39)31(38)28(24-35)44-34/h9-10,12-13,27-28,31-35,38-40H,3-8,11,14-26H2,1-2H3/b10-9-,13-12-. The highest BCUT2D eigenvalue weighted by atomic mass is 16.7. The fourth-order valence-corrected chi connectivity index (χ4v) is 4.84. The molecule has 1 rings (SSSR count). The Morgan fingerprint density at radius 1 is 0.705 bits per heavy atom. The van der Waals surface area contributed by atoms with Crippen molar-refractivity contribution in [1.29, 1.82) is 0 Å². The third kappa shape index (κ3) is 18.9. The van der Waals surface area contributed by atoms with E-state index in [1.165, 1.54) is 51.4 Å². The summed E-state index contributed by atoms with van der Waals surface area (Å²) < 4.78 is 21.5. The van der Waals surface area contributed by atoms with Gasteiger partial charge < -0.3 is 39.4 Å². The van der Waals surface area contributed by atoms with Gasteiger partial charge in [-0.25, -0.2) is 0 Å². The molecule has 0 aliphatic carbocycles. The molecule has 6 unspecified atom stereocenters. The number of carbonyl (C=O) groups excluding carboxylic acids is 2. The molecule has 0 radical (unpaired) electrons. The predicted octanol–water partition coefficient (Wildman–Crippen LogP) is 5.04. The maximum atomic E-state index is 12.5. The summed E-state index contributed by atoms with van der Waals surface area (Å²) in [6, 6.07) is 0. The maximum Gasteiger partial charge on any atom is 0.306 e. The second-order valence-corrected chi connectivity index (χ2v) is 11.6. The monoisotopic (exact) mass is 628 g/mol. The zero-order valence-electron chi connectivity index (χ0n) is 27.2. The fraction of sp³-hybridized carbons (Fsp3) is 0.824. The minimum absolute atomic E-state index is 0.220. The molecular formula is C34H60O10. The van der Waals surface area contributed by atoms with Crippen molar-refractivity contribution in [2.24, 2.45) is 0 Å². The lowest BCUT2D eigenvalue weighted by Gasteiger charge is -2.39. The lowest BCUT2D eigenvalue weighted by molar-refractivity contribution is -0.305. The molecule has 0 aromatic rings. The Kier molecular flexibility index (Phi) is 24.1. The van der Waals surface area contributed by atoms with Crippen molar-refractivity contribution in [2.45, 2.75) is 160 Å². The predicted molar refractivity (Wildman–Crippen MR) is 169 cm³/mol. The Hall–Kier alpha value is -1.82. The summed E-state index contributed by atoms with van der Waals surface area (Å²) in [5, 5.41) is 39.4. The average molecular weight is 629 g/mol. The highest BCUT2D eigenvalue weighted by Gasteiger charge is 2.44. The second kappa shape index (κ2) is 26.4. The van der Waals surface area contributed by atoms with Crippen molar-refractivity contribution in [3.63, 3.8) is 0 Å². The van der Waals surface area contributed by atoms with Gasteiger partial charge in [-0.2, -0.15) is 0 Å². The molecule has 10 nitrogen and oxygen atoms in total. The number of unbranched alkanes of at least 4 members (excludes halogenated alkanes) is 11. The Labute approximate surface area is 264 Å². The van der Waals surface area contributed by atoms with Gasteiger partial charge in [-0.3, -0.25) is 9.59 Å². The molecule has 0 spiro atoms. The summed E-state index contributed by atoms with van der Waals surface area (Å²) in [6.45, 7) is 2.98. The van der Waals surface area contributed by atoms with Gasteiger partial charge in [0.05, 0.1) is 13.2 Å². The molecule has 0 bridgehead atoms. The van der Waals surface area contributed by atoms with E-state index in [0.29, 0.717) is 12.8 Å². The summed E-state index contributed by atoms with van der Waals surface area (Å²) in [5.74, 6) is -0.880. The van der Waals surface area contributed by atoms with Crippen LogP contribution in [0.15, 0.2) is 24.3 Å². The number of aliphatic hydroxyl groups excluding tert-OH is 4. The van der Waals surface area contributed by atoms with Crippen LogP contribution in [0.2, 0.25) is 0 Å². The van der Waals surface area contributed by atoms with Crippen LogP contribution >= 0.6 is 0 Å². The Balaban J connectivity index is 2.24. The summed E-state index contributed by atoms with van der Waals surface area (Å²) in [5.41, 5.74) is 0. The Morgan fingerprint density at radius 3 is 1.93 bits per heavy atom. The third-order valence-corrected chi connectivity index (χ3v) is 7.56. The summed E-state index contributed by atoms with van der Waals surface area (Å²) in [7, 11) is 0. The molecule has 4 N–H and O–H groups in total. The molecule has 10 heteroatoms. The summed E-state index contributed by atoms with van der Waals surface area (Å²) >= 11 is 0. The Bertz CT molecular complexity index is 784. The zero-order valence-corrected chi connectivity index (χ0v) is 27.2. The molecule has 1 fully saturated rings. The van der Waals surface area contributed by atoms with Crippen molar-refractivity contribution in [1.82, 2.24) is 0 Å². The van der Waals surface area contributed by atoms with E-state index in [-0.39, 0.29) is 26.1 Å². The average Bonchev–Trinajstić information content (AvgIpc) is 3.01. The van der Waals surface area contributed by atoms with Crippen LogP contribution in [0.5, 0.6) is 0 Å². The van der Waals surface area contributed by atoms with Crippen molar-refractivity contribution in [2.75, 3.05) is 19.8 Å². The van der Waals surface area contributed by atoms with E-state index in [9.17, 15) is 30.0 Å². The van der Waals surface area contributed by atoms with Crippen molar-refractivity contribution in [3.8, 4) is 0 Å². The van der Waals surface area contributed by atoms with Crippen LogP contribution in [0.25, 0.3) is 0 Å².